The molecule has 0 rings (SSSR count). The zero-order valence-corrected chi connectivity index (χ0v) is 8.73. The first-order valence-corrected chi connectivity index (χ1v) is 5.07. The van der Waals surface area contributed by atoms with Crippen LogP contribution in [0.4, 0.5) is 0 Å². The fourth-order valence-electron chi connectivity index (χ4n) is 0.983. The van der Waals surface area contributed by atoms with E-state index in [9.17, 15) is 0 Å². The highest BCUT2D eigenvalue weighted by Crippen LogP contribution is 2.00. The minimum atomic E-state index is 0.439. The highest BCUT2D eigenvalue weighted by atomic mass is 16.5. The number of rotatable bonds is 8. The summed E-state index contributed by atoms with van der Waals surface area (Å²) < 4.78 is 5.55. The molecule has 0 spiro atoms. The largest absolute Gasteiger partial charge is 0.379 e. The van der Waals surface area contributed by atoms with Crippen molar-refractivity contribution < 1.29 is 4.74 Å². The normalized spacial score (nSPS) is 13.2. The van der Waals surface area contributed by atoms with Gasteiger partial charge in [-0.1, -0.05) is 6.92 Å². The van der Waals surface area contributed by atoms with Crippen LogP contribution in [-0.4, -0.2) is 26.3 Å². The van der Waals surface area contributed by atoms with Crippen LogP contribution in [0.5, 0.6) is 0 Å². The van der Waals surface area contributed by atoms with Crippen LogP contribution in [0.1, 0.15) is 39.5 Å². The molecule has 0 fully saturated rings. The summed E-state index contributed by atoms with van der Waals surface area (Å²) in [5, 5.41) is 3.14. The Balaban J connectivity index is 2.90. The third-order valence-electron chi connectivity index (χ3n) is 2.05. The van der Waals surface area contributed by atoms with Crippen LogP contribution in [0, 0.1) is 0 Å². The third-order valence-corrected chi connectivity index (χ3v) is 2.05. The van der Waals surface area contributed by atoms with Gasteiger partial charge >= 0.3 is 0 Å². The van der Waals surface area contributed by atoms with Crippen molar-refractivity contribution in [1.29, 1.82) is 0 Å². The average Bonchev–Trinajstić information content (AvgIpc) is 2.10. The van der Waals surface area contributed by atoms with Gasteiger partial charge in [0.15, 0.2) is 0 Å². The van der Waals surface area contributed by atoms with Crippen molar-refractivity contribution in [1.82, 2.24) is 5.32 Å². The molecule has 2 nitrogen and oxygen atoms in total. The Morgan fingerprint density at radius 2 is 2.00 bits per heavy atom. The topological polar surface area (TPSA) is 21.3 Å². The second-order valence-electron chi connectivity index (χ2n) is 3.25. The SMILES string of the molecule is CCC(C)OCCCCCNC. The summed E-state index contributed by atoms with van der Waals surface area (Å²) in [5.74, 6) is 0. The van der Waals surface area contributed by atoms with Crippen LogP contribution >= 0.6 is 0 Å². The van der Waals surface area contributed by atoms with E-state index < -0.39 is 0 Å². The third kappa shape index (κ3) is 8.02. The molecule has 74 valence electrons. The van der Waals surface area contributed by atoms with Gasteiger partial charge < -0.3 is 10.1 Å². The first kappa shape index (κ1) is 11.9. The molecular weight excluding hydrogens is 150 g/mol. The van der Waals surface area contributed by atoms with Crippen molar-refractivity contribution in [2.75, 3.05) is 20.2 Å². The Hall–Kier alpha value is -0.0800. The zero-order valence-electron chi connectivity index (χ0n) is 8.73. The molecule has 12 heavy (non-hydrogen) atoms. The lowest BCUT2D eigenvalue weighted by Gasteiger charge is -2.09. The lowest BCUT2D eigenvalue weighted by Crippen LogP contribution is -2.09. The summed E-state index contributed by atoms with van der Waals surface area (Å²) in [7, 11) is 2.00. The van der Waals surface area contributed by atoms with Crippen LogP contribution in [-0.2, 0) is 4.74 Å². The van der Waals surface area contributed by atoms with Gasteiger partial charge in [-0.2, -0.15) is 0 Å². The van der Waals surface area contributed by atoms with Crippen molar-refractivity contribution in [2.24, 2.45) is 0 Å². The van der Waals surface area contributed by atoms with Crippen LogP contribution in [0.25, 0.3) is 0 Å². The summed E-state index contributed by atoms with van der Waals surface area (Å²) >= 11 is 0. The molecule has 1 N–H and O–H groups in total. The van der Waals surface area contributed by atoms with E-state index in [0.29, 0.717) is 6.10 Å². The first-order chi connectivity index (χ1) is 5.81. The molecule has 0 aromatic rings. The highest BCUT2D eigenvalue weighted by molar-refractivity contribution is 4.47. The molecular formula is C10H23NO. The fraction of sp³-hybridized carbons (Fsp3) is 1.00. The van der Waals surface area contributed by atoms with Crippen molar-refractivity contribution in [3.63, 3.8) is 0 Å². The van der Waals surface area contributed by atoms with E-state index in [0.717, 1.165) is 19.6 Å². The summed E-state index contributed by atoms with van der Waals surface area (Å²) in [6, 6.07) is 0. The first-order valence-electron chi connectivity index (χ1n) is 5.07. The molecule has 0 aliphatic heterocycles. The number of unbranched alkanes of at least 4 members (excludes halogenated alkanes) is 2. The molecule has 0 aliphatic rings. The monoisotopic (exact) mass is 173 g/mol. The van der Waals surface area contributed by atoms with Gasteiger partial charge in [-0.25, -0.2) is 0 Å². The summed E-state index contributed by atoms with van der Waals surface area (Å²) in [4.78, 5) is 0. The molecule has 0 radical (unpaired) electrons. The summed E-state index contributed by atoms with van der Waals surface area (Å²) in [5.41, 5.74) is 0. The molecule has 1 atom stereocenters. The number of nitrogens with one attached hydrogen (secondary N) is 1. The number of ether oxygens (including phenoxy) is 1. The lowest BCUT2D eigenvalue weighted by atomic mass is 10.2. The van der Waals surface area contributed by atoms with Crippen molar-refractivity contribution in [3.8, 4) is 0 Å². The van der Waals surface area contributed by atoms with Gasteiger partial charge in [-0.15, -0.1) is 0 Å². The van der Waals surface area contributed by atoms with Crippen molar-refractivity contribution >= 4 is 0 Å². The van der Waals surface area contributed by atoms with Crippen LogP contribution in [0.3, 0.4) is 0 Å². The fourth-order valence-corrected chi connectivity index (χ4v) is 0.983. The van der Waals surface area contributed by atoms with E-state index >= 15 is 0 Å². The van der Waals surface area contributed by atoms with E-state index in [1.165, 1.54) is 19.3 Å². The average molecular weight is 173 g/mol. The molecule has 1 unspecified atom stereocenters. The van der Waals surface area contributed by atoms with Gasteiger partial charge in [0.25, 0.3) is 0 Å². The molecule has 0 saturated carbocycles. The predicted molar refractivity (Wildman–Crippen MR) is 53.5 cm³/mol. The Kier molecular flexibility index (Phi) is 8.95. The second kappa shape index (κ2) is 9.01. The summed E-state index contributed by atoms with van der Waals surface area (Å²) in [6.45, 7) is 6.35. The Morgan fingerprint density at radius 1 is 1.25 bits per heavy atom. The van der Waals surface area contributed by atoms with Crippen LogP contribution < -0.4 is 5.32 Å². The smallest absolute Gasteiger partial charge is 0.0544 e. The maximum Gasteiger partial charge on any atom is 0.0544 e. The van der Waals surface area contributed by atoms with E-state index in [1.54, 1.807) is 0 Å². The van der Waals surface area contributed by atoms with Gasteiger partial charge in [0.05, 0.1) is 6.10 Å². The van der Waals surface area contributed by atoms with E-state index in [-0.39, 0.29) is 0 Å². The quantitative estimate of drug-likeness (QED) is 0.568. The van der Waals surface area contributed by atoms with Gasteiger partial charge in [0.1, 0.15) is 0 Å². The number of hydrogen-bond donors (Lipinski definition) is 1. The van der Waals surface area contributed by atoms with Crippen molar-refractivity contribution in [2.45, 2.75) is 45.6 Å². The molecule has 0 bridgehead atoms. The molecule has 0 aromatic heterocycles. The minimum absolute atomic E-state index is 0.439. The molecule has 0 heterocycles. The maximum absolute atomic E-state index is 5.55. The van der Waals surface area contributed by atoms with Gasteiger partial charge in [0.2, 0.25) is 0 Å². The van der Waals surface area contributed by atoms with E-state index in [4.69, 9.17) is 4.74 Å². The van der Waals surface area contributed by atoms with E-state index in [1.807, 2.05) is 7.05 Å². The molecule has 0 amide bonds. The standard InChI is InChI=1S/C10H23NO/c1-4-10(2)12-9-7-5-6-8-11-3/h10-11H,4-9H2,1-3H3. The molecule has 2 heteroatoms. The van der Waals surface area contributed by atoms with Gasteiger partial charge in [-0.05, 0) is 46.2 Å². The molecule has 0 saturated heterocycles. The molecule has 0 aliphatic carbocycles. The predicted octanol–water partition coefficient (Wildman–Crippen LogP) is 2.19. The van der Waals surface area contributed by atoms with Gasteiger partial charge in [-0.3, -0.25) is 0 Å². The number of hydrogen-bond acceptors (Lipinski definition) is 2. The zero-order chi connectivity index (χ0) is 9.23. The Labute approximate surface area is 76.7 Å². The van der Waals surface area contributed by atoms with Crippen LogP contribution in [0.2, 0.25) is 0 Å². The Morgan fingerprint density at radius 3 is 2.58 bits per heavy atom. The van der Waals surface area contributed by atoms with E-state index in [2.05, 4.69) is 19.2 Å². The Bertz CT molecular complexity index is 85.9. The summed E-state index contributed by atoms with van der Waals surface area (Å²) in [6.07, 6.45) is 5.30. The van der Waals surface area contributed by atoms with Crippen LogP contribution in [0.15, 0.2) is 0 Å². The molecule has 0 aromatic carbocycles. The minimum Gasteiger partial charge on any atom is -0.379 e. The van der Waals surface area contributed by atoms with Crippen molar-refractivity contribution in [3.05, 3.63) is 0 Å². The highest BCUT2D eigenvalue weighted by Gasteiger charge is 1.96. The lowest BCUT2D eigenvalue weighted by molar-refractivity contribution is 0.0609. The van der Waals surface area contributed by atoms with Gasteiger partial charge in [0, 0.05) is 6.61 Å². The maximum atomic E-state index is 5.55. The second-order valence-corrected chi connectivity index (χ2v) is 3.25.